The van der Waals surface area contributed by atoms with Gasteiger partial charge in [0.05, 0.1) is 12.2 Å². The predicted molar refractivity (Wildman–Crippen MR) is 117 cm³/mol. The lowest BCUT2D eigenvalue weighted by Crippen LogP contribution is -2.54. The van der Waals surface area contributed by atoms with Crippen LogP contribution in [0.15, 0.2) is 48.5 Å². The molecule has 1 atom stereocenters. The summed E-state index contributed by atoms with van der Waals surface area (Å²) >= 11 is 0. The van der Waals surface area contributed by atoms with Crippen molar-refractivity contribution in [1.29, 1.82) is 0 Å². The van der Waals surface area contributed by atoms with Crippen LogP contribution in [0.3, 0.4) is 0 Å². The Hall–Kier alpha value is -3.19. The number of carbonyl (C=O) groups is 3. The molecule has 0 aromatic heterocycles. The summed E-state index contributed by atoms with van der Waals surface area (Å²) in [4.78, 5) is 41.0. The summed E-state index contributed by atoms with van der Waals surface area (Å²) in [7, 11) is 0. The molecule has 7 heteroatoms. The molecule has 0 spiro atoms. The Kier molecular flexibility index (Phi) is 5.66. The van der Waals surface area contributed by atoms with E-state index < -0.39 is 0 Å². The molecule has 0 N–H and O–H groups in total. The van der Waals surface area contributed by atoms with Crippen molar-refractivity contribution in [3.8, 4) is 11.1 Å². The average Bonchev–Trinajstić information content (AvgIpc) is 3.62. The SMILES string of the molecule is O=C(OC1CC1)c1cccc(-c2ccc(C(=O)N3CCN(C(=O)C4CCO4)CC3)cc2)c1. The third kappa shape index (κ3) is 4.39. The molecule has 166 valence electrons. The maximum atomic E-state index is 12.9. The molecule has 2 heterocycles. The number of benzene rings is 2. The van der Waals surface area contributed by atoms with Crippen molar-refractivity contribution in [3.05, 3.63) is 59.7 Å². The molecule has 3 fully saturated rings. The Bertz CT molecular complexity index is 1020. The number of nitrogens with zero attached hydrogens (tertiary/aromatic N) is 2. The van der Waals surface area contributed by atoms with Crippen molar-refractivity contribution in [3.63, 3.8) is 0 Å². The zero-order valence-electron chi connectivity index (χ0n) is 17.9. The average molecular weight is 434 g/mol. The zero-order valence-corrected chi connectivity index (χ0v) is 17.9. The van der Waals surface area contributed by atoms with Crippen molar-refractivity contribution in [2.45, 2.75) is 31.5 Å². The second kappa shape index (κ2) is 8.74. The smallest absolute Gasteiger partial charge is 0.338 e. The third-order valence-electron chi connectivity index (χ3n) is 6.21. The second-order valence-corrected chi connectivity index (χ2v) is 8.53. The van der Waals surface area contributed by atoms with Crippen LogP contribution in [0.1, 0.15) is 40.0 Å². The first-order chi connectivity index (χ1) is 15.6. The van der Waals surface area contributed by atoms with Crippen LogP contribution in [0.2, 0.25) is 0 Å². The van der Waals surface area contributed by atoms with Gasteiger partial charge in [-0.3, -0.25) is 9.59 Å². The molecule has 2 amide bonds. The number of piperazine rings is 1. The van der Waals surface area contributed by atoms with E-state index in [1.165, 1.54) is 0 Å². The van der Waals surface area contributed by atoms with E-state index in [0.29, 0.717) is 43.9 Å². The van der Waals surface area contributed by atoms with Gasteiger partial charge in [-0.25, -0.2) is 4.79 Å². The Morgan fingerprint density at radius 1 is 0.812 bits per heavy atom. The van der Waals surface area contributed by atoms with Gasteiger partial charge < -0.3 is 19.3 Å². The van der Waals surface area contributed by atoms with E-state index in [0.717, 1.165) is 30.4 Å². The van der Waals surface area contributed by atoms with Gasteiger partial charge in [-0.1, -0.05) is 24.3 Å². The quantitative estimate of drug-likeness (QED) is 0.677. The molecule has 2 aliphatic heterocycles. The van der Waals surface area contributed by atoms with Gasteiger partial charge in [-0.15, -0.1) is 0 Å². The van der Waals surface area contributed by atoms with Crippen molar-refractivity contribution in [2.24, 2.45) is 0 Å². The van der Waals surface area contributed by atoms with Crippen molar-refractivity contribution in [1.82, 2.24) is 9.80 Å². The van der Waals surface area contributed by atoms with Crippen LogP contribution in [0.4, 0.5) is 0 Å². The van der Waals surface area contributed by atoms with E-state index >= 15 is 0 Å². The van der Waals surface area contributed by atoms with Crippen LogP contribution in [-0.4, -0.2) is 72.6 Å². The first kappa shape index (κ1) is 20.7. The van der Waals surface area contributed by atoms with Crippen molar-refractivity contribution < 1.29 is 23.9 Å². The molecule has 1 aliphatic carbocycles. The Balaban J connectivity index is 1.20. The van der Waals surface area contributed by atoms with E-state index in [4.69, 9.17) is 9.47 Å². The summed E-state index contributed by atoms with van der Waals surface area (Å²) in [5, 5.41) is 0. The lowest BCUT2D eigenvalue weighted by molar-refractivity contribution is -0.157. The van der Waals surface area contributed by atoms with E-state index in [1.807, 2.05) is 42.5 Å². The second-order valence-electron chi connectivity index (χ2n) is 8.53. The lowest BCUT2D eigenvalue weighted by Gasteiger charge is -2.38. The summed E-state index contributed by atoms with van der Waals surface area (Å²) in [6.07, 6.45) is 2.46. The highest BCUT2D eigenvalue weighted by Gasteiger charge is 2.33. The van der Waals surface area contributed by atoms with E-state index in [2.05, 4.69) is 0 Å². The first-order valence-electron chi connectivity index (χ1n) is 11.2. The molecule has 1 unspecified atom stereocenters. The number of amides is 2. The molecule has 3 aliphatic rings. The minimum Gasteiger partial charge on any atom is -0.459 e. The predicted octanol–water partition coefficient (Wildman–Crippen LogP) is 2.75. The summed E-state index contributed by atoms with van der Waals surface area (Å²) in [6.45, 7) is 2.76. The minimum atomic E-state index is -0.293. The molecule has 32 heavy (non-hydrogen) atoms. The van der Waals surface area contributed by atoms with Crippen LogP contribution in [-0.2, 0) is 14.3 Å². The molecule has 0 bridgehead atoms. The van der Waals surface area contributed by atoms with E-state index in [1.54, 1.807) is 15.9 Å². The fourth-order valence-corrected chi connectivity index (χ4v) is 3.98. The van der Waals surface area contributed by atoms with Gasteiger partial charge in [0.2, 0.25) is 0 Å². The van der Waals surface area contributed by atoms with Gasteiger partial charge in [0.15, 0.2) is 0 Å². The molecule has 5 rings (SSSR count). The Morgan fingerprint density at radius 3 is 2.12 bits per heavy atom. The van der Waals surface area contributed by atoms with Crippen LogP contribution in [0.5, 0.6) is 0 Å². The van der Waals surface area contributed by atoms with Gasteiger partial charge in [-0.05, 0) is 48.2 Å². The maximum Gasteiger partial charge on any atom is 0.338 e. The molecular formula is C25H26N2O5. The van der Waals surface area contributed by atoms with Gasteiger partial charge in [0, 0.05) is 38.2 Å². The summed E-state index contributed by atoms with van der Waals surface area (Å²) in [5.41, 5.74) is 2.98. The Labute approximate surface area is 186 Å². The van der Waals surface area contributed by atoms with Crippen molar-refractivity contribution in [2.75, 3.05) is 32.8 Å². The number of ether oxygens (including phenoxy) is 2. The number of esters is 1. The highest BCUT2D eigenvalue weighted by atomic mass is 16.5. The Morgan fingerprint density at radius 2 is 1.50 bits per heavy atom. The topological polar surface area (TPSA) is 76.2 Å². The van der Waals surface area contributed by atoms with E-state index in [-0.39, 0.29) is 30.0 Å². The molecular weight excluding hydrogens is 408 g/mol. The molecule has 2 aromatic rings. The van der Waals surface area contributed by atoms with Crippen LogP contribution in [0.25, 0.3) is 11.1 Å². The number of hydrogen-bond donors (Lipinski definition) is 0. The molecule has 0 radical (unpaired) electrons. The van der Waals surface area contributed by atoms with Gasteiger partial charge in [-0.2, -0.15) is 0 Å². The summed E-state index contributed by atoms with van der Waals surface area (Å²) < 4.78 is 10.7. The van der Waals surface area contributed by atoms with Crippen LogP contribution in [0, 0.1) is 0 Å². The molecule has 1 saturated carbocycles. The fraction of sp³-hybridized carbons (Fsp3) is 0.400. The van der Waals surface area contributed by atoms with Crippen LogP contribution >= 0.6 is 0 Å². The summed E-state index contributed by atoms with van der Waals surface area (Å²) in [6, 6.07) is 14.8. The summed E-state index contributed by atoms with van der Waals surface area (Å²) in [5.74, 6) is -0.288. The van der Waals surface area contributed by atoms with E-state index in [9.17, 15) is 14.4 Å². The zero-order chi connectivity index (χ0) is 22.1. The van der Waals surface area contributed by atoms with Gasteiger partial charge in [0.1, 0.15) is 12.2 Å². The highest BCUT2D eigenvalue weighted by molar-refractivity contribution is 5.95. The largest absolute Gasteiger partial charge is 0.459 e. The number of carbonyl (C=O) groups excluding carboxylic acids is 3. The number of hydrogen-bond acceptors (Lipinski definition) is 5. The highest BCUT2D eigenvalue weighted by Crippen LogP contribution is 2.26. The maximum absolute atomic E-state index is 12.9. The monoisotopic (exact) mass is 434 g/mol. The fourth-order valence-electron chi connectivity index (χ4n) is 3.98. The van der Waals surface area contributed by atoms with Gasteiger partial charge in [0.25, 0.3) is 11.8 Å². The number of rotatable bonds is 5. The standard InChI is InChI=1S/C25H26N2O5/c28-23(26-11-13-27(14-12-26)24(29)22-10-15-31-22)18-6-4-17(5-7-18)19-2-1-3-20(16-19)25(30)32-21-8-9-21/h1-7,16,21-22H,8-15H2. The third-order valence-corrected chi connectivity index (χ3v) is 6.21. The van der Waals surface area contributed by atoms with Crippen LogP contribution < -0.4 is 0 Å². The lowest BCUT2D eigenvalue weighted by atomic mass is 10.0. The van der Waals surface area contributed by atoms with Crippen molar-refractivity contribution >= 4 is 17.8 Å². The molecule has 2 saturated heterocycles. The normalized spacial score (nSPS) is 20.4. The minimum absolute atomic E-state index is 0.0368. The van der Waals surface area contributed by atoms with Gasteiger partial charge >= 0.3 is 5.97 Å². The molecule has 2 aromatic carbocycles. The first-order valence-corrected chi connectivity index (χ1v) is 11.2. The molecule has 7 nitrogen and oxygen atoms in total.